The van der Waals surface area contributed by atoms with Crippen LogP contribution in [0.2, 0.25) is 0 Å². The van der Waals surface area contributed by atoms with Crippen molar-refractivity contribution in [3.8, 4) is 0 Å². The molecule has 102 valence electrons. The molecule has 3 atom stereocenters. The average Bonchev–Trinajstić information content (AvgIpc) is 2.27. The summed E-state index contributed by atoms with van der Waals surface area (Å²) < 4.78 is 36.0. The van der Waals surface area contributed by atoms with Crippen LogP contribution in [0.1, 0.15) is 32.6 Å². The van der Waals surface area contributed by atoms with Crippen molar-refractivity contribution in [1.29, 1.82) is 0 Å². The van der Waals surface area contributed by atoms with Crippen LogP contribution in [0.25, 0.3) is 0 Å². The predicted octanol–water partition coefficient (Wildman–Crippen LogP) is 3.71. The summed E-state index contributed by atoms with van der Waals surface area (Å²) in [4.78, 5) is 0. The van der Waals surface area contributed by atoms with E-state index in [0.29, 0.717) is 5.25 Å². The van der Waals surface area contributed by atoms with Gasteiger partial charge in [-0.3, -0.25) is 0 Å². The van der Waals surface area contributed by atoms with Crippen molar-refractivity contribution >= 4 is 23.5 Å². The summed E-state index contributed by atoms with van der Waals surface area (Å²) in [6, 6.07) is 0. The summed E-state index contributed by atoms with van der Waals surface area (Å²) in [6.45, 7) is 2.07. The lowest BCUT2D eigenvalue weighted by atomic mass is 10.1. The molecule has 1 aliphatic heterocycles. The highest BCUT2D eigenvalue weighted by Gasteiger charge is 2.32. The minimum Gasteiger partial charge on any atom is -0.392 e. The Kier molecular flexibility index (Phi) is 6.51. The molecular weight excluding hydrogens is 269 g/mol. The van der Waals surface area contributed by atoms with E-state index in [1.165, 1.54) is 0 Å². The van der Waals surface area contributed by atoms with Crippen LogP contribution >= 0.6 is 23.5 Å². The number of aliphatic hydroxyl groups is 1. The molecule has 0 saturated carbocycles. The van der Waals surface area contributed by atoms with Gasteiger partial charge in [0.25, 0.3) is 0 Å². The van der Waals surface area contributed by atoms with Gasteiger partial charge < -0.3 is 5.11 Å². The van der Waals surface area contributed by atoms with Crippen molar-refractivity contribution in [2.24, 2.45) is 0 Å². The molecule has 1 heterocycles. The second-order valence-electron chi connectivity index (χ2n) is 4.23. The van der Waals surface area contributed by atoms with Gasteiger partial charge in [-0.25, -0.2) is 0 Å². The van der Waals surface area contributed by atoms with Gasteiger partial charge in [0.05, 0.1) is 6.10 Å². The maximum Gasteiger partial charge on any atom is 0.389 e. The number of alkyl halides is 3. The van der Waals surface area contributed by atoms with Gasteiger partial charge in [-0.2, -0.15) is 36.7 Å². The molecule has 1 saturated heterocycles. The Hall–Kier alpha value is 0.450. The van der Waals surface area contributed by atoms with Gasteiger partial charge in [-0.15, -0.1) is 0 Å². The molecule has 3 unspecified atom stereocenters. The largest absolute Gasteiger partial charge is 0.392 e. The number of hydrogen-bond donors (Lipinski definition) is 1. The fraction of sp³-hybridized carbons (Fsp3) is 1.00. The molecule has 1 N–H and O–H groups in total. The van der Waals surface area contributed by atoms with Crippen molar-refractivity contribution in [2.45, 2.75) is 55.4 Å². The molecule has 17 heavy (non-hydrogen) atoms. The normalized spacial score (nSPS) is 28.1. The summed E-state index contributed by atoms with van der Waals surface area (Å²) in [6.07, 6.45) is -4.22. The van der Waals surface area contributed by atoms with Crippen molar-refractivity contribution in [2.75, 3.05) is 11.5 Å². The van der Waals surface area contributed by atoms with Crippen molar-refractivity contribution in [1.82, 2.24) is 0 Å². The van der Waals surface area contributed by atoms with E-state index < -0.39 is 18.7 Å². The van der Waals surface area contributed by atoms with E-state index in [4.69, 9.17) is 0 Å². The molecule has 1 nitrogen and oxygen atoms in total. The van der Waals surface area contributed by atoms with Crippen LogP contribution in [0.3, 0.4) is 0 Å². The Balaban J connectivity index is 2.32. The zero-order valence-corrected chi connectivity index (χ0v) is 11.5. The molecule has 6 heteroatoms. The van der Waals surface area contributed by atoms with Gasteiger partial charge >= 0.3 is 6.18 Å². The van der Waals surface area contributed by atoms with Gasteiger partial charge in [0.2, 0.25) is 0 Å². The molecule has 0 amide bonds. The molecule has 0 spiro atoms. The van der Waals surface area contributed by atoms with Crippen molar-refractivity contribution < 1.29 is 18.3 Å². The summed E-state index contributed by atoms with van der Waals surface area (Å²) in [5.41, 5.74) is 0. The smallest absolute Gasteiger partial charge is 0.389 e. The van der Waals surface area contributed by atoms with E-state index in [2.05, 4.69) is 6.92 Å². The van der Waals surface area contributed by atoms with Crippen LogP contribution in [0, 0.1) is 0 Å². The SMILES string of the molecule is CCC1SCCSC1C(O)CCCC(F)(F)F. The lowest BCUT2D eigenvalue weighted by Crippen LogP contribution is -2.36. The predicted molar refractivity (Wildman–Crippen MR) is 68.7 cm³/mol. The Morgan fingerprint density at radius 3 is 2.53 bits per heavy atom. The second-order valence-corrected chi connectivity index (χ2v) is 6.86. The van der Waals surface area contributed by atoms with Crippen LogP contribution in [0.4, 0.5) is 13.2 Å². The molecule has 1 fully saturated rings. The van der Waals surface area contributed by atoms with Gasteiger partial charge in [0, 0.05) is 28.4 Å². The number of thioether (sulfide) groups is 2. The van der Waals surface area contributed by atoms with Gasteiger partial charge in [0.1, 0.15) is 0 Å². The second kappa shape index (κ2) is 7.14. The van der Waals surface area contributed by atoms with Crippen LogP contribution in [0.5, 0.6) is 0 Å². The molecule has 0 radical (unpaired) electrons. The molecular formula is C11H19F3OS2. The fourth-order valence-electron chi connectivity index (χ4n) is 1.97. The average molecular weight is 288 g/mol. The molecule has 0 bridgehead atoms. The minimum absolute atomic E-state index is 0.0306. The summed E-state index contributed by atoms with van der Waals surface area (Å²) in [7, 11) is 0. The highest BCUT2D eigenvalue weighted by atomic mass is 32.2. The van der Waals surface area contributed by atoms with Crippen LogP contribution < -0.4 is 0 Å². The van der Waals surface area contributed by atoms with E-state index in [0.717, 1.165) is 17.9 Å². The van der Waals surface area contributed by atoms with Crippen LogP contribution in [-0.4, -0.2) is 39.4 Å². The van der Waals surface area contributed by atoms with Crippen molar-refractivity contribution in [3.63, 3.8) is 0 Å². The maximum atomic E-state index is 12.0. The highest BCUT2D eigenvalue weighted by Crippen LogP contribution is 2.36. The zero-order valence-electron chi connectivity index (χ0n) is 9.87. The lowest BCUT2D eigenvalue weighted by molar-refractivity contribution is -0.136. The molecule has 0 aliphatic carbocycles. The first-order valence-corrected chi connectivity index (χ1v) is 8.02. The lowest BCUT2D eigenvalue weighted by Gasteiger charge is -2.33. The number of hydrogen-bond acceptors (Lipinski definition) is 3. The quantitative estimate of drug-likeness (QED) is 0.833. The van der Waals surface area contributed by atoms with Crippen LogP contribution in [-0.2, 0) is 0 Å². The van der Waals surface area contributed by atoms with E-state index in [1.54, 1.807) is 11.8 Å². The third kappa shape index (κ3) is 5.75. The molecule has 0 aromatic rings. The first-order chi connectivity index (χ1) is 7.94. The summed E-state index contributed by atoms with van der Waals surface area (Å²) in [5.74, 6) is 2.07. The third-order valence-electron chi connectivity index (χ3n) is 2.83. The Morgan fingerprint density at radius 2 is 1.94 bits per heavy atom. The molecule has 1 rings (SSSR count). The van der Waals surface area contributed by atoms with Gasteiger partial charge in [-0.05, 0) is 19.3 Å². The zero-order chi connectivity index (χ0) is 12.9. The van der Waals surface area contributed by atoms with E-state index >= 15 is 0 Å². The Morgan fingerprint density at radius 1 is 1.29 bits per heavy atom. The van der Waals surface area contributed by atoms with Crippen molar-refractivity contribution in [3.05, 3.63) is 0 Å². The van der Waals surface area contributed by atoms with Gasteiger partial charge in [0.15, 0.2) is 0 Å². The first kappa shape index (κ1) is 15.5. The maximum absolute atomic E-state index is 12.0. The van der Waals surface area contributed by atoms with Crippen LogP contribution in [0.15, 0.2) is 0 Å². The van der Waals surface area contributed by atoms with E-state index in [-0.39, 0.29) is 18.1 Å². The Labute approximate surface area is 109 Å². The van der Waals surface area contributed by atoms with Gasteiger partial charge in [-0.1, -0.05) is 6.92 Å². The van der Waals surface area contributed by atoms with E-state index in [9.17, 15) is 18.3 Å². The minimum atomic E-state index is -4.10. The first-order valence-electron chi connectivity index (χ1n) is 5.92. The van der Waals surface area contributed by atoms with E-state index in [1.807, 2.05) is 11.8 Å². The third-order valence-corrected chi connectivity index (χ3v) is 6.23. The summed E-state index contributed by atoms with van der Waals surface area (Å²) in [5, 5.41) is 10.5. The number of rotatable bonds is 5. The number of halogens is 3. The highest BCUT2D eigenvalue weighted by molar-refractivity contribution is 8.07. The topological polar surface area (TPSA) is 20.2 Å². The summed E-state index contributed by atoms with van der Waals surface area (Å²) >= 11 is 3.55. The monoisotopic (exact) mass is 288 g/mol. The Bertz CT molecular complexity index is 223. The number of aliphatic hydroxyl groups excluding tert-OH is 1. The molecule has 0 aromatic carbocycles. The molecule has 1 aliphatic rings. The fourth-order valence-corrected chi connectivity index (χ4v) is 5.16. The molecule has 0 aromatic heterocycles. The standard InChI is InChI=1S/C11H19F3OS2/c1-2-9-10(17-7-6-16-9)8(15)4-3-5-11(12,13)14/h8-10,15H,2-7H2,1H3.